The van der Waals surface area contributed by atoms with E-state index in [1.54, 1.807) is 0 Å². The minimum atomic E-state index is 0.0786. The van der Waals surface area contributed by atoms with E-state index in [0.29, 0.717) is 19.6 Å². The zero-order chi connectivity index (χ0) is 15.8. The van der Waals surface area contributed by atoms with Crippen LogP contribution < -0.4 is 20.7 Å². The van der Waals surface area contributed by atoms with E-state index in [0.717, 1.165) is 42.5 Å². The van der Waals surface area contributed by atoms with E-state index in [9.17, 15) is 4.79 Å². The molecule has 2 rings (SSSR count). The van der Waals surface area contributed by atoms with Crippen molar-refractivity contribution >= 4 is 17.6 Å². The summed E-state index contributed by atoms with van der Waals surface area (Å²) >= 11 is 0. The second-order valence-corrected chi connectivity index (χ2v) is 5.01. The fraction of sp³-hybridized carbons (Fsp3) is 0.500. The highest BCUT2D eigenvalue weighted by Crippen LogP contribution is 2.26. The maximum absolute atomic E-state index is 11.3. The first-order valence-corrected chi connectivity index (χ1v) is 7.80. The monoisotopic (exact) mass is 304 g/mol. The molecule has 1 aliphatic rings. The summed E-state index contributed by atoms with van der Waals surface area (Å²) < 4.78 is 5.73. The molecular weight excluding hydrogens is 280 g/mol. The van der Waals surface area contributed by atoms with Crippen LogP contribution in [0, 0.1) is 0 Å². The summed E-state index contributed by atoms with van der Waals surface area (Å²) in [5.41, 5.74) is 2.02. The molecule has 22 heavy (non-hydrogen) atoms. The third kappa shape index (κ3) is 4.65. The van der Waals surface area contributed by atoms with Crippen LogP contribution in [0.15, 0.2) is 23.2 Å². The minimum Gasteiger partial charge on any atom is -0.492 e. The van der Waals surface area contributed by atoms with E-state index < -0.39 is 0 Å². The van der Waals surface area contributed by atoms with Crippen LogP contribution in [0.4, 0.5) is 5.69 Å². The van der Waals surface area contributed by atoms with Gasteiger partial charge in [0.2, 0.25) is 5.91 Å². The number of aryl methyl sites for hydroxylation is 1. The molecule has 1 heterocycles. The zero-order valence-corrected chi connectivity index (χ0v) is 13.2. The van der Waals surface area contributed by atoms with Gasteiger partial charge in [-0.1, -0.05) is 0 Å². The lowest BCUT2D eigenvalue weighted by molar-refractivity contribution is -0.116. The van der Waals surface area contributed by atoms with Gasteiger partial charge in [-0.3, -0.25) is 4.79 Å². The van der Waals surface area contributed by atoms with Crippen molar-refractivity contribution in [1.82, 2.24) is 10.6 Å². The number of fused-ring (bicyclic) bond motifs is 1. The number of nitrogens with zero attached hydrogens (tertiary/aromatic N) is 1. The minimum absolute atomic E-state index is 0.0786. The number of nitrogens with one attached hydrogen (secondary N) is 3. The van der Waals surface area contributed by atoms with E-state index in [1.807, 2.05) is 32.0 Å². The Balaban J connectivity index is 1.84. The molecule has 120 valence electrons. The van der Waals surface area contributed by atoms with Gasteiger partial charge >= 0.3 is 0 Å². The van der Waals surface area contributed by atoms with Crippen LogP contribution in [0.25, 0.3) is 0 Å². The second kappa shape index (κ2) is 8.26. The Morgan fingerprint density at radius 3 is 2.77 bits per heavy atom. The number of aliphatic imine (C=N–C) groups is 1. The van der Waals surface area contributed by atoms with Gasteiger partial charge in [0, 0.05) is 25.2 Å². The molecule has 3 N–H and O–H groups in total. The average molecular weight is 304 g/mol. The van der Waals surface area contributed by atoms with Gasteiger partial charge in [0.15, 0.2) is 5.96 Å². The predicted molar refractivity (Wildman–Crippen MR) is 88.5 cm³/mol. The quantitative estimate of drug-likeness (QED) is 0.423. The predicted octanol–water partition coefficient (Wildman–Crippen LogP) is 1.53. The van der Waals surface area contributed by atoms with Gasteiger partial charge in [-0.15, -0.1) is 0 Å². The molecule has 1 amide bonds. The van der Waals surface area contributed by atoms with Gasteiger partial charge < -0.3 is 20.7 Å². The number of hydrogen-bond donors (Lipinski definition) is 3. The number of rotatable bonds is 6. The molecule has 0 spiro atoms. The van der Waals surface area contributed by atoms with Crippen LogP contribution >= 0.6 is 0 Å². The van der Waals surface area contributed by atoms with Crippen LogP contribution in [0.5, 0.6) is 5.75 Å². The first-order chi connectivity index (χ1) is 10.7. The van der Waals surface area contributed by atoms with Crippen LogP contribution in [0.1, 0.15) is 25.8 Å². The van der Waals surface area contributed by atoms with Gasteiger partial charge in [0.05, 0.1) is 6.54 Å². The topological polar surface area (TPSA) is 74.8 Å². The molecule has 0 saturated carbocycles. The highest BCUT2D eigenvalue weighted by atomic mass is 16.5. The molecular formula is C16H24N4O2. The number of ether oxygens (including phenoxy) is 1. The van der Waals surface area contributed by atoms with Crippen LogP contribution in [0.3, 0.4) is 0 Å². The van der Waals surface area contributed by atoms with Gasteiger partial charge in [-0.2, -0.15) is 0 Å². The van der Waals surface area contributed by atoms with Crippen molar-refractivity contribution in [2.24, 2.45) is 4.99 Å². The fourth-order valence-corrected chi connectivity index (χ4v) is 2.28. The number of carbonyl (C=O) groups is 1. The number of amides is 1. The Labute approximate surface area is 131 Å². The van der Waals surface area contributed by atoms with Crippen LogP contribution in [-0.2, 0) is 11.2 Å². The molecule has 1 aromatic rings. The fourth-order valence-electron chi connectivity index (χ4n) is 2.28. The lowest BCUT2D eigenvalue weighted by Crippen LogP contribution is -2.37. The van der Waals surface area contributed by atoms with E-state index >= 15 is 0 Å². The first kappa shape index (κ1) is 16.1. The summed E-state index contributed by atoms with van der Waals surface area (Å²) in [7, 11) is 0. The number of carbonyl (C=O) groups excluding carboxylic acids is 1. The Morgan fingerprint density at radius 1 is 1.27 bits per heavy atom. The zero-order valence-electron chi connectivity index (χ0n) is 13.2. The molecule has 0 aliphatic carbocycles. The summed E-state index contributed by atoms with van der Waals surface area (Å²) in [6, 6.07) is 5.77. The molecule has 1 aromatic carbocycles. The van der Waals surface area contributed by atoms with Crippen molar-refractivity contribution in [3.8, 4) is 5.75 Å². The van der Waals surface area contributed by atoms with Crippen molar-refractivity contribution in [3.05, 3.63) is 23.8 Å². The SMILES string of the molecule is CCNC(=NCCOc1ccc2c(c1)CCC(=O)N2)NCC. The van der Waals surface area contributed by atoms with Crippen molar-refractivity contribution in [2.75, 3.05) is 31.6 Å². The van der Waals surface area contributed by atoms with Gasteiger partial charge in [0.25, 0.3) is 0 Å². The first-order valence-electron chi connectivity index (χ1n) is 7.80. The lowest BCUT2D eigenvalue weighted by Gasteiger charge is -2.17. The number of hydrogen-bond acceptors (Lipinski definition) is 3. The van der Waals surface area contributed by atoms with Crippen molar-refractivity contribution in [3.63, 3.8) is 0 Å². The number of guanidine groups is 1. The average Bonchev–Trinajstić information content (AvgIpc) is 2.52. The Morgan fingerprint density at radius 2 is 2.05 bits per heavy atom. The molecule has 6 heteroatoms. The van der Waals surface area contributed by atoms with Crippen molar-refractivity contribution < 1.29 is 9.53 Å². The maximum atomic E-state index is 11.3. The summed E-state index contributed by atoms with van der Waals surface area (Å²) in [4.78, 5) is 15.8. The normalized spacial score (nSPS) is 12.9. The van der Waals surface area contributed by atoms with E-state index in [-0.39, 0.29) is 5.91 Å². The molecule has 1 aliphatic heterocycles. The number of benzene rings is 1. The highest BCUT2D eigenvalue weighted by molar-refractivity contribution is 5.94. The summed E-state index contributed by atoms with van der Waals surface area (Å²) in [6.07, 6.45) is 1.30. The Hall–Kier alpha value is -2.24. The van der Waals surface area contributed by atoms with Gasteiger partial charge in [0.1, 0.15) is 12.4 Å². The van der Waals surface area contributed by atoms with E-state index in [4.69, 9.17) is 4.74 Å². The smallest absolute Gasteiger partial charge is 0.224 e. The Kier molecular flexibility index (Phi) is 6.06. The Bertz CT molecular complexity index is 535. The lowest BCUT2D eigenvalue weighted by atomic mass is 10.0. The summed E-state index contributed by atoms with van der Waals surface area (Å²) in [5.74, 6) is 1.70. The third-order valence-electron chi connectivity index (χ3n) is 3.29. The second-order valence-electron chi connectivity index (χ2n) is 5.01. The number of anilines is 1. The molecule has 0 saturated heterocycles. The van der Waals surface area contributed by atoms with Crippen molar-refractivity contribution in [1.29, 1.82) is 0 Å². The van der Waals surface area contributed by atoms with Gasteiger partial charge in [-0.25, -0.2) is 4.99 Å². The molecule has 0 radical (unpaired) electrons. The van der Waals surface area contributed by atoms with Crippen LogP contribution in [-0.4, -0.2) is 38.1 Å². The maximum Gasteiger partial charge on any atom is 0.224 e. The van der Waals surface area contributed by atoms with E-state index in [2.05, 4.69) is 20.9 Å². The molecule has 0 fully saturated rings. The molecule has 0 atom stereocenters. The molecule has 0 bridgehead atoms. The highest BCUT2D eigenvalue weighted by Gasteiger charge is 2.14. The summed E-state index contributed by atoms with van der Waals surface area (Å²) in [6.45, 7) is 6.85. The third-order valence-corrected chi connectivity index (χ3v) is 3.29. The molecule has 0 aromatic heterocycles. The summed E-state index contributed by atoms with van der Waals surface area (Å²) in [5, 5.41) is 9.21. The van der Waals surface area contributed by atoms with Gasteiger partial charge in [-0.05, 0) is 44.0 Å². The van der Waals surface area contributed by atoms with Crippen molar-refractivity contribution in [2.45, 2.75) is 26.7 Å². The standard InChI is InChI=1S/C16H24N4O2/c1-3-17-16(18-4-2)19-9-10-22-13-6-7-14-12(11-13)5-8-15(21)20-14/h6-7,11H,3-5,8-10H2,1-2H3,(H,20,21)(H2,17,18,19). The largest absolute Gasteiger partial charge is 0.492 e. The van der Waals surface area contributed by atoms with Crippen LogP contribution in [0.2, 0.25) is 0 Å². The van der Waals surface area contributed by atoms with E-state index in [1.165, 1.54) is 0 Å². The molecule has 6 nitrogen and oxygen atoms in total. The molecule has 0 unspecified atom stereocenters.